The summed E-state index contributed by atoms with van der Waals surface area (Å²) in [5.74, 6) is 2.93. The van der Waals surface area contributed by atoms with Crippen LogP contribution in [0.1, 0.15) is 125 Å². The van der Waals surface area contributed by atoms with Gasteiger partial charge in [0.15, 0.2) is 0 Å². The van der Waals surface area contributed by atoms with Gasteiger partial charge in [-0.25, -0.2) is 9.59 Å². The SMILES string of the molecule is CCOCCOc1c2cccc1Cc1cc(CN(C)C(=O)OC(C)(C)C)cc(c1OCCOCC)Cc1cccc(c1OCCOCC)Cc1cc(CN(C)C(=O)OC(C)(C)C)cc(c1OCCOCC)C2. The van der Waals surface area contributed by atoms with Gasteiger partial charge in [-0.3, -0.25) is 0 Å². The number of rotatable bonds is 24. The first-order valence-corrected chi connectivity index (χ1v) is 25.6. The Morgan fingerprint density at radius 2 is 0.667 bits per heavy atom. The maximum Gasteiger partial charge on any atom is 0.410 e. The fraction of sp³-hybridized carbons (Fsp3) is 0.552. The summed E-state index contributed by atoms with van der Waals surface area (Å²) in [6, 6.07) is 21.0. The number of carbonyl (C=O) groups excluding carboxylic acids is 2. The predicted octanol–water partition coefficient (Wildman–Crippen LogP) is 10.8. The third-order valence-corrected chi connectivity index (χ3v) is 11.4. The van der Waals surface area contributed by atoms with Crippen molar-refractivity contribution >= 4 is 12.2 Å². The van der Waals surface area contributed by atoms with E-state index < -0.39 is 23.4 Å². The van der Waals surface area contributed by atoms with E-state index >= 15 is 0 Å². The summed E-state index contributed by atoms with van der Waals surface area (Å²) in [6.45, 7) is 24.8. The second-order valence-electron chi connectivity index (χ2n) is 19.9. The molecule has 0 saturated heterocycles. The molecule has 0 saturated carbocycles. The Labute approximate surface area is 429 Å². The first kappa shape index (κ1) is 57.4. The Morgan fingerprint density at radius 1 is 0.417 bits per heavy atom. The Bertz CT molecular complexity index is 2100. The van der Waals surface area contributed by atoms with E-state index in [1.54, 1.807) is 23.9 Å². The second-order valence-corrected chi connectivity index (χ2v) is 19.9. The third-order valence-electron chi connectivity index (χ3n) is 11.4. The Morgan fingerprint density at radius 3 is 0.903 bits per heavy atom. The molecule has 0 unspecified atom stereocenters. The van der Waals surface area contributed by atoms with Crippen LogP contribution in [0.25, 0.3) is 0 Å². The maximum absolute atomic E-state index is 13.4. The number of carbonyl (C=O) groups is 2. The van der Waals surface area contributed by atoms with Gasteiger partial charge < -0.3 is 57.2 Å². The Hall–Kier alpha value is -5.54. The zero-order chi connectivity index (χ0) is 52.3. The molecular formula is C58H82N2O12. The van der Waals surface area contributed by atoms with E-state index in [2.05, 4.69) is 60.7 Å². The first-order chi connectivity index (χ1) is 34.4. The topological polar surface area (TPSA) is 133 Å². The van der Waals surface area contributed by atoms with Crippen LogP contribution in [0.2, 0.25) is 0 Å². The van der Waals surface area contributed by atoms with Crippen molar-refractivity contribution in [3.8, 4) is 23.0 Å². The smallest absolute Gasteiger partial charge is 0.410 e. The van der Waals surface area contributed by atoms with Crippen LogP contribution in [0, 0.1) is 0 Å². The number of nitrogens with zero attached hydrogens (tertiary/aromatic N) is 2. The van der Waals surface area contributed by atoms with E-state index in [0.29, 0.717) is 105 Å². The van der Waals surface area contributed by atoms with Gasteiger partial charge in [-0.15, -0.1) is 0 Å². The lowest BCUT2D eigenvalue weighted by Crippen LogP contribution is -2.33. The highest BCUT2D eigenvalue weighted by atomic mass is 16.6. The van der Waals surface area contributed by atoms with E-state index in [0.717, 1.165) is 78.6 Å². The molecule has 1 aliphatic carbocycles. The van der Waals surface area contributed by atoms with Crippen molar-refractivity contribution in [3.63, 3.8) is 0 Å². The molecule has 0 heterocycles. The third kappa shape index (κ3) is 17.9. The monoisotopic (exact) mass is 999 g/mol. The number of benzene rings is 4. The summed E-state index contributed by atoms with van der Waals surface area (Å²) in [6.07, 6.45) is 0.883. The normalized spacial score (nSPS) is 12.5. The predicted molar refractivity (Wildman–Crippen MR) is 280 cm³/mol. The summed E-state index contributed by atoms with van der Waals surface area (Å²) in [5.41, 5.74) is 7.92. The lowest BCUT2D eigenvalue weighted by atomic mass is 9.89. The van der Waals surface area contributed by atoms with Crippen LogP contribution in [0.5, 0.6) is 23.0 Å². The standard InChI is InChI=1S/C58H82N2O12/c1-13-63-23-27-67-51-43-19-17-20-44(51)36-48-32-42(40-60(12)56(62)72-58(8,9)10)34-50(54(48)70-30-26-66-16-4)38-46-22-18-21-45(52(46)68-28-24-64-14-2)37-49-33-41(39-59(11)55(61)71-57(5,6)7)31-47(35-43)53(49)69-29-25-65-15-3/h17-22,31-34H,13-16,23-30,35-40H2,1-12H3. The minimum Gasteiger partial charge on any atom is -0.491 e. The highest BCUT2D eigenvalue weighted by Gasteiger charge is 2.26. The second kappa shape index (κ2) is 28.1. The van der Waals surface area contributed by atoms with Crippen LogP contribution in [0.3, 0.4) is 0 Å². The molecule has 72 heavy (non-hydrogen) atoms. The lowest BCUT2D eigenvalue weighted by Gasteiger charge is -2.26. The van der Waals surface area contributed by atoms with Crippen LogP contribution in [-0.2, 0) is 67.2 Å². The summed E-state index contributed by atoms with van der Waals surface area (Å²) in [4.78, 5) is 30.1. The van der Waals surface area contributed by atoms with E-state index in [4.69, 9.17) is 47.4 Å². The zero-order valence-corrected chi connectivity index (χ0v) is 45.3. The molecule has 1 aliphatic rings. The number of amides is 2. The fourth-order valence-electron chi connectivity index (χ4n) is 8.50. The molecule has 2 amide bonds. The molecule has 5 rings (SSSR count). The van der Waals surface area contributed by atoms with E-state index in [1.807, 2.05) is 69.2 Å². The van der Waals surface area contributed by atoms with Gasteiger partial charge in [0.2, 0.25) is 0 Å². The number of ether oxygens (including phenoxy) is 10. The highest BCUT2D eigenvalue weighted by molar-refractivity contribution is 5.68. The number of para-hydroxylation sites is 2. The number of hydrogen-bond donors (Lipinski definition) is 0. The number of fused-ring (bicyclic) bond motifs is 8. The zero-order valence-electron chi connectivity index (χ0n) is 45.3. The summed E-state index contributed by atoms with van der Waals surface area (Å²) >= 11 is 0. The Kier molecular flexibility index (Phi) is 22.4. The van der Waals surface area contributed by atoms with Crippen LogP contribution >= 0.6 is 0 Å². The molecular weight excluding hydrogens is 917 g/mol. The minimum atomic E-state index is -0.662. The van der Waals surface area contributed by atoms with E-state index in [-0.39, 0.29) is 13.1 Å². The molecule has 0 N–H and O–H groups in total. The molecule has 0 aromatic heterocycles. The molecule has 14 nitrogen and oxygen atoms in total. The average molecular weight is 999 g/mol. The van der Waals surface area contributed by atoms with Gasteiger partial charge in [-0.05, 0) is 149 Å². The van der Waals surface area contributed by atoms with Crippen LogP contribution in [-0.4, -0.2) is 127 Å². The van der Waals surface area contributed by atoms with E-state index in [1.165, 1.54) is 0 Å². The summed E-state index contributed by atoms with van der Waals surface area (Å²) in [7, 11) is 3.51. The molecule has 0 atom stereocenters. The molecule has 396 valence electrons. The Balaban J connectivity index is 1.82. The van der Waals surface area contributed by atoms with Gasteiger partial charge in [0.05, 0.1) is 26.4 Å². The minimum absolute atomic E-state index is 0.288. The molecule has 4 aromatic rings. The molecule has 0 spiro atoms. The molecule has 14 heteroatoms. The summed E-state index contributed by atoms with van der Waals surface area (Å²) < 4.78 is 62.0. The largest absolute Gasteiger partial charge is 0.491 e. The first-order valence-electron chi connectivity index (χ1n) is 25.6. The van der Waals surface area contributed by atoms with Crippen LogP contribution in [0.15, 0.2) is 60.7 Å². The van der Waals surface area contributed by atoms with E-state index in [9.17, 15) is 9.59 Å². The molecule has 0 radical (unpaired) electrons. The lowest BCUT2D eigenvalue weighted by molar-refractivity contribution is 0.0275. The molecule has 4 aromatic carbocycles. The van der Waals surface area contributed by atoms with Crippen molar-refractivity contribution in [2.24, 2.45) is 0 Å². The van der Waals surface area contributed by atoms with Gasteiger partial charge in [-0.2, -0.15) is 0 Å². The highest BCUT2D eigenvalue weighted by Crippen LogP contribution is 2.40. The van der Waals surface area contributed by atoms with Crippen LogP contribution in [0.4, 0.5) is 9.59 Å². The van der Waals surface area contributed by atoms with Crippen LogP contribution < -0.4 is 18.9 Å². The molecule has 0 aliphatic heterocycles. The van der Waals surface area contributed by atoms with Gasteiger partial charge in [0, 0.05) is 79.3 Å². The van der Waals surface area contributed by atoms with Crippen molar-refractivity contribution < 1.29 is 57.0 Å². The van der Waals surface area contributed by atoms with Gasteiger partial charge in [-0.1, -0.05) is 36.4 Å². The molecule has 0 fully saturated rings. The fourth-order valence-corrected chi connectivity index (χ4v) is 8.50. The van der Waals surface area contributed by atoms with Crippen molar-refractivity contribution in [1.82, 2.24) is 9.80 Å². The van der Waals surface area contributed by atoms with Crippen molar-refractivity contribution in [2.45, 2.75) is 119 Å². The maximum atomic E-state index is 13.4. The van der Waals surface area contributed by atoms with Crippen molar-refractivity contribution in [2.75, 3.05) is 93.4 Å². The van der Waals surface area contributed by atoms with Crippen molar-refractivity contribution in [3.05, 3.63) is 116 Å². The quantitative estimate of drug-likeness (QED) is 0.0545. The van der Waals surface area contributed by atoms with Gasteiger partial charge >= 0.3 is 12.2 Å². The van der Waals surface area contributed by atoms with Gasteiger partial charge in [0.1, 0.15) is 60.6 Å². The average Bonchev–Trinajstić information content (AvgIpc) is 3.30. The summed E-state index contributed by atoms with van der Waals surface area (Å²) in [5, 5.41) is 0. The molecule has 8 bridgehead atoms. The van der Waals surface area contributed by atoms with Crippen molar-refractivity contribution in [1.29, 1.82) is 0 Å². The number of hydrogen-bond acceptors (Lipinski definition) is 12. The van der Waals surface area contributed by atoms with Gasteiger partial charge in [0.25, 0.3) is 0 Å².